The van der Waals surface area contributed by atoms with Crippen LogP contribution in [0.1, 0.15) is 37.5 Å². The minimum absolute atomic E-state index is 0.542. The molecule has 0 saturated heterocycles. The molecule has 1 saturated carbocycles. The summed E-state index contributed by atoms with van der Waals surface area (Å²) in [6.45, 7) is 0. The number of thioether (sulfide) groups is 1. The van der Waals surface area contributed by atoms with Crippen LogP contribution < -0.4 is 0 Å². The van der Waals surface area contributed by atoms with Crippen LogP contribution >= 0.6 is 35.0 Å². The van der Waals surface area contributed by atoms with Gasteiger partial charge >= 0.3 is 0 Å². The van der Waals surface area contributed by atoms with Crippen LogP contribution in [0, 0.1) is 0 Å². The minimum atomic E-state index is 0.542. The Kier molecular flexibility index (Phi) is 5.03. The van der Waals surface area contributed by atoms with Crippen molar-refractivity contribution in [3.63, 3.8) is 0 Å². The van der Waals surface area contributed by atoms with E-state index in [1.165, 1.54) is 31.2 Å². The van der Waals surface area contributed by atoms with Crippen molar-refractivity contribution in [2.75, 3.05) is 12.1 Å². The van der Waals surface area contributed by atoms with Gasteiger partial charge < -0.3 is 4.57 Å². The van der Waals surface area contributed by atoms with E-state index in [-0.39, 0.29) is 0 Å². The summed E-state index contributed by atoms with van der Waals surface area (Å²) in [5.41, 5.74) is 2.19. The fraction of sp³-hybridized carbons (Fsp3) is 0.562. The molecule has 0 aliphatic heterocycles. The van der Waals surface area contributed by atoms with E-state index >= 15 is 0 Å². The van der Waals surface area contributed by atoms with Crippen LogP contribution in [0.15, 0.2) is 18.2 Å². The number of rotatable bonds is 4. The first-order valence-electron chi connectivity index (χ1n) is 7.48. The summed E-state index contributed by atoms with van der Waals surface area (Å²) in [7, 11) is 0. The maximum atomic E-state index is 6.11. The Morgan fingerprint density at radius 3 is 3.00 bits per heavy atom. The standard InChI is InChI=1S/C16H20Cl2N2S/c1-21-13-4-2-3-12(10-13)20-15-6-5-11(18)9-14(15)19-16(20)7-8-17/h5-6,9,12-13H,2-4,7-8,10H2,1H3. The number of nitrogens with zero attached hydrogens (tertiary/aromatic N) is 2. The molecule has 3 rings (SSSR count). The van der Waals surface area contributed by atoms with Crippen molar-refractivity contribution in [3.8, 4) is 0 Å². The lowest BCUT2D eigenvalue weighted by Crippen LogP contribution is -2.22. The molecule has 2 aromatic rings. The number of halogens is 2. The molecule has 0 N–H and O–H groups in total. The Bertz CT molecular complexity index is 626. The van der Waals surface area contributed by atoms with E-state index in [9.17, 15) is 0 Å². The molecular formula is C16H20Cl2N2S. The molecule has 1 aromatic carbocycles. The van der Waals surface area contributed by atoms with Gasteiger partial charge in [0.05, 0.1) is 11.0 Å². The van der Waals surface area contributed by atoms with E-state index in [0.29, 0.717) is 11.9 Å². The number of alkyl halides is 1. The molecule has 114 valence electrons. The molecule has 1 aliphatic rings. The summed E-state index contributed by atoms with van der Waals surface area (Å²) in [6, 6.07) is 6.56. The molecule has 21 heavy (non-hydrogen) atoms. The molecule has 5 heteroatoms. The van der Waals surface area contributed by atoms with Gasteiger partial charge in [0, 0.05) is 28.6 Å². The average molecular weight is 343 g/mol. The smallest absolute Gasteiger partial charge is 0.111 e. The summed E-state index contributed by atoms with van der Waals surface area (Å²) in [5, 5.41) is 1.51. The summed E-state index contributed by atoms with van der Waals surface area (Å²) in [4.78, 5) is 4.78. The van der Waals surface area contributed by atoms with Crippen molar-refractivity contribution in [1.29, 1.82) is 0 Å². The van der Waals surface area contributed by atoms with E-state index in [0.717, 1.165) is 28.0 Å². The SMILES string of the molecule is CSC1CCCC(n2c(CCCl)nc3cc(Cl)ccc32)C1. The Labute approximate surface area is 140 Å². The third kappa shape index (κ3) is 3.20. The van der Waals surface area contributed by atoms with Crippen molar-refractivity contribution in [2.24, 2.45) is 0 Å². The average Bonchev–Trinajstić information content (AvgIpc) is 2.84. The van der Waals surface area contributed by atoms with Crippen molar-refractivity contribution >= 4 is 46.0 Å². The Hall–Kier alpha value is -0.380. The van der Waals surface area contributed by atoms with Crippen LogP contribution in [0.5, 0.6) is 0 Å². The number of aryl methyl sites for hydroxylation is 1. The van der Waals surface area contributed by atoms with Crippen LogP contribution in [0.4, 0.5) is 0 Å². The highest BCUT2D eigenvalue weighted by atomic mass is 35.5. The predicted octanol–water partition coefficient (Wildman–Crippen LogP) is 5.32. The zero-order chi connectivity index (χ0) is 14.8. The monoisotopic (exact) mass is 342 g/mol. The molecule has 0 bridgehead atoms. The fourth-order valence-corrected chi connectivity index (χ4v) is 4.51. The molecule has 2 atom stereocenters. The van der Waals surface area contributed by atoms with Crippen molar-refractivity contribution in [1.82, 2.24) is 9.55 Å². The van der Waals surface area contributed by atoms with Gasteiger partial charge in [-0.1, -0.05) is 18.0 Å². The minimum Gasteiger partial charge on any atom is -0.325 e. The zero-order valence-electron chi connectivity index (χ0n) is 12.2. The number of imidazole rings is 1. The molecule has 0 spiro atoms. The number of hydrogen-bond donors (Lipinski definition) is 0. The molecule has 0 amide bonds. The van der Waals surface area contributed by atoms with Crippen molar-refractivity contribution < 1.29 is 0 Å². The van der Waals surface area contributed by atoms with Gasteiger partial charge in [0.25, 0.3) is 0 Å². The predicted molar refractivity (Wildman–Crippen MR) is 94.0 cm³/mol. The van der Waals surface area contributed by atoms with Crippen LogP contribution in [-0.2, 0) is 6.42 Å². The second-order valence-electron chi connectivity index (χ2n) is 5.65. The molecular weight excluding hydrogens is 323 g/mol. The number of fused-ring (bicyclic) bond motifs is 1. The van der Waals surface area contributed by atoms with Gasteiger partial charge in [-0.2, -0.15) is 11.8 Å². The van der Waals surface area contributed by atoms with E-state index in [1.807, 2.05) is 23.9 Å². The van der Waals surface area contributed by atoms with Gasteiger partial charge in [-0.3, -0.25) is 0 Å². The highest BCUT2D eigenvalue weighted by molar-refractivity contribution is 7.99. The Balaban J connectivity index is 2.04. The third-order valence-electron chi connectivity index (χ3n) is 4.34. The summed E-state index contributed by atoms with van der Waals surface area (Å²) >= 11 is 14.1. The second-order valence-corrected chi connectivity index (χ2v) is 7.60. The van der Waals surface area contributed by atoms with Crippen LogP contribution in [0.2, 0.25) is 5.02 Å². The van der Waals surface area contributed by atoms with E-state index in [4.69, 9.17) is 28.2 Å². The van der Waals surface area contributed by atoms with Crippen LogP contribution in [0.25, 0.3) is 11.0 Å². The first-order chi connectivity index (χ1) is 10.2. The topological polar surface area (TPSA) is 17.8 Å². The first-order valence-corrected chi connectivity index (χ1v) is 9.68. The second kappa shape index (κ2) is 6.80. The molecule has 1 aliphatic carbocycles. The zero-order valence-corrected chi connectivity index (χ0v) is 14.5. The number of benzene rings is 1. The number of hydrogen-bond acceptors (Lipinski definition) is 2. The lowest BCUT2D eigenvalue weighted by molar-refractivity contribution is 0.360. The number of aromatic nitrogens is 2. The first kappa shape index (κ1) is 15.5. The third-order valence-corrected chi connectivity index (χ3v) is 5.86. The molecule has 0 radical (unpaired) electrons. The van der Waals surface area contributed by atoms with Gasteiger partial charge in [-0.05, 0) is 43.7 Å². The molecule has 1 fully saturated rings. The van der Waals surface area contributed by atoms with Gasteiger partial charge in [-0.15, -0.1) is 11.6 Å². The fourth-order valence-electron chi connectivity index (χ4n) is 3.36. The normalized spacial score (nSPS) is 22.8. The lowest BCUT2D eigenvalue weighted by atomic mass is 9.94. The van der Waals surface area contributed by atoms with Crippen LogP contribution in [0.3, 0.4) is 0 Å². The molecule has 2 nitrogen and oxygen atoms in total. The van der Waals surface area contributed by atoms with Crippen molar-refractivity contribution in [2.45, 2.75) is 43.4 Å². The summed E-state index contributed by atoms with van der Waals surface area (Å²) < 4.78 is 2.43. The van der Waals surface area contributed by atoms with Gasteiger partial charge in [-0.25, -0.2) is 4.98 Å². The maximum Gasteiger partial charge on any atom is 0.111 e. The molecule has 2 unspecified atom stereocenters. The Morgan fingerprint density at radius 1 is 1.38 bits per heavy atom. The Morgan fingerprint density at radius 2 is 2.24 bits per heavy atom. The summed E-state index contributed by atoms with van der Waals surface area (Å²) in [6.07, 6.45) is 8.13. The largest absolute Gasteiger partial charge is 0.325 e. The maximum absolute atomic E-state index is 6.11. The highest BCUT2D eigenvalue weighted by Crippen LogP contribution is 2.37. The van der Waals surface area contributed by atoms with Gasteiger partial charge in [0.2, 0.25) is 0 Å². The molecule has 1 aromatic heterocycles. The van der Waals surface area contributed by atoms with E-state index in [1.54, 1.807) is 0 Å². The van der Waals surface area contributed by atoms with E-state index in [2.05, 4.69) is 16.9 Å². The quantitative estimate of drug-likeness (QED) is 0.700. The van der Waals surface area contributed by atoms with Gasteiger partial charge in [0.15, 0.2) is 0 Å². The molecule has 1 heterocycles. The lowest BCUT2D eigenvalue weighted by Gasteiger charge is -2.30. The van der Waals surface area contributed by atoms with E-state index < -0.39 is 0 Å². The highest BCUT2D eigenvalue weighted by Gasteiger charge is 2.26. The van der Waals surface area contributed by atoms with Gasteiger partial charge in [0.1, 0.15) is 5.82 Å². The van der Waals surface area contributed by atoms with Crippen molar-refractivity contribution in [3.05, 3.63) is 29.0 Å². The van der Waals surface area contributed by atoms with Crippen LogP contribution in [-0.4, -0.2) is 26.9 Å². The summed E-state index contributed by atoms with van der Waals surface area (Å²) in [5.74, 6) is 1.71.